The quantitative estimate of drug-likeness (QED) is 0.152. The molecule has 4 nitrogen and oxygen atoms in total. The van der Waals surface area contributed by atoms with E-state index < -0.39 is 0 Å². The Bertz CT molecular complexity index is 3410. The SMILES string of the molecule is CC(C)(C)c1cc(C(C)(C)C)c2c3c4c(ncc3n3c5cc6c7c(C(C)(C)C)cc(C(C)(C)C)c8c9c%10c(ncc9n(c6cc5c1c23)c78)C(C)(C)C(C)(C)C%10(C)C)C(C)(C)C(C)(C)C4(C)C. The Morgan fingerprint density at radius 1 is 0.348 bits per heavy atom. The molecule has 0 spiro atoms. The van der Waals surface area contributed by atoms with Gasteiger partial charge in [-0.15, -0.1) is 0 Å². The average Bonchev–Trinajstić information content (AvgIpc) is 3.92. The van der Waals surface area contributed by atoms with Gasteiger partial charge in [0.15, 0.2) is 0 Å². The lowest BCUT2D eigenvalue weighted by Gasteiger charge is -2.44. The summed E-state index contributed by atoms with van der Waals surface area (Å²) < 4.78 is 5.35. The van der Waals surface area contributed by atoms with Gasteiger partial charge in [0.05, 0.1) is 56.9 Å². The molecule has 9 aromatic rings. The molecular formula is C62H78N4. The Morgan fingerprint density at radius 3 is 0.924 bits per heavy atom. The zero-order chi connectivity index (χ0) is 48.5. The van der Waals surface area contributed by atoms with Gasteiger partial charge < -0.3 is 8.80 Å². The van der Waals surface area contributed by atoms with E-state index in [9.17, 15) is 0 Å². The van der Waals surface area contributed by atoms with Gasteiger partial charge in [-0.2, -0.15) is 0 Å². The molecular weight excluding hydrogens is 801 g/mol. The van der Waals surface area contributed by atoms with Crippen molar-refractivity contribution in [2.75, 3.05) is 0 Å². The van der Waals surface area contributed by atoms with E-state index in [0.717, 1.165) is 0 Å². The summed E-state index contributed by atoms with van der Waals surface area (Å²) in [5.74, 6) is 0. The van der Waals surface area contributed by atoms with Crippen LogP contribution in [0, 0.1) is 10.8 Å². The third-order valence-electron chi connectivity index (χ3n) is 20.2. The van der Waals surface area contributed by atoms with Crippen molar-refractivity contribution in [3.8, 4) is 0 Å². The first-order valence-electron chi connectivity index (χ1n) is 25.2. The molecule has 2 aliphatic rings. The summed E-state index contributed by atoms with van der Waals surface area (Å²) in [6.07, 6.45) is 4.52. The highest BCUT2D eigenvalue weighted by molar-refractivity contribution is 6.31. The van der Waals surface area contributed by atoms with E-state index in [0.29, 0.717) is 0 Å². The second-order valence-corrected chi connectivity index (χ2v) is 28.9. The Balaban J connectivity index is 1.45. The van der Waals surface area contributed by atoms with Gasteiger partial charge in [-0.25, -0.2) is 0 Å². The van der Waals surface area contributed by atoms with E-state index in [1.54, 1.807) is 0 Å². The van der Waals surface area contributed by atoms with Gasteiger partial charge in [0.2, 0.25) is 0 Å². The molecule has 6 aromatic heterocycles. The molecule has 346 valence electrons. The van der Waals surface area contributed by atoms with E-state index in [-0.39, 0.29) is 54.1 Å². The number of rotatable bonds is 0. The summed E-state index contributed by atoms with van der Waals surface area (Å²) in [7, 11) is 0. The fourth-order valence-electron chi connectivity index (χ4n) is 14.1. The third-order valence-corrected chi connectivity index (χ3v) is 20.2. The smallest absolute Gasteiger partial charge is 0.0728 e. The molecule has 0 fully saturated rings. The second kappa shape index (κ2) is 11.7. The standard InChI is InChI=1S/C62H78N4/c1-53(2,3)33-27-35(55(7,8)9)43-45-39(29-63-51-47(45)57(13,14)61(21,22)59(51,17)18)65-37-26-32-38(25-31(37)41(33)49(43)65)66-40-30-64-52-48(58(15,16)62(23,24)60(52,19)20)46(40)44-36(56(10,11)12)28-34(54(4,5)6)42(32)50(44)66/h25-30H,1-24H3. The van der Waals surface area contributed by atoms with Crippen LogP contribution in [0.4, 0.5) is 0 Å². The lowest BCUT2D eigenvalue weighted by atomic mass is 9.59. The highest BCUT2D eigenvalue weighted by atomic mass is 15.0. The van der Waals surface area contributed by atoms with Crippen LogP contribution in [0.3, 0.4) is 0 Å². The van der Waals surface area contributed by atoms with Crippen LogP contribution in [0.5, 0.6) is 0 Å². The van der Waals surface area contributed by atoms with Crippen LogP contribution < -0.4 is 0 Å². The first-order chi connectivity index (χ1) is 29.9. The maximum atomic E-state index is 5.56. The second-order valence-electron chi connectivity index (χ2n) is 28.9. The van der Waals surface area contributed by atoms with Gasteiger partial charge in [-0.3, -0.25) is 9.97 Å². The Morgan fingerprint density at radius 2 is 0.636 bits per heavy atom. The number of hydrogen-bond acceptors (Lipinski definition) is 2. The Labute approximate surface area is 395 Å². The van der Waals surface area contributed by atoms with E-state index in [1.807, 2.05) is 0 Å². The first kappa shape index (κ1) is 44.1. The van der Waals surface area contributed by atoms with Crippen LogP contribution in [0.1, 0.15) is 211 Å². The molecule has 0 saturated carbocycles. The van der Waals surface area contributed by atoms with E-state index in [1.165, 1.54) is 121 Å². The average molecular weight is 879 g/mol. The minimum Gasteiger partial charge on any atom is -0.306 e. The predicted molar refractivity (Wildman–Crippen MR) is 286 cm³/mol. The summed E-state index contributed by atoms with van der Waals surface area (Å²) in [5.41, 5.74) is 18.0. The van der Waals surface area contributed by atoms with E-state index in [4.69, 9.17) is 9.97 Å². The fourth-order valence-corrected chi connectivity index (χ4v) is 14.1. The van der Waals surface area contributed by atoms with Crippen molar-refractivity contribution in [2.45, 2.75) is 209 Å². The van der Waals surface area contributed by atoms with Crippen molar-refractivity contribution in [3.63, 3.8) is 0 Å². The van der Waals surface area contributed by atoms with Gasteiger partial charge in [0.25, 0.3) is 0 Å². The molecule has 66 heavy (non-hydrogen) atoms. The van der Waals surface area contributed by atoms with Crippen LogP contribution >= 0.6 is 0 Å². The number of hydrogen-bond donors (Lipinski definition) is 0. The maximum absolute atomic E-state index is 5.56. The molecule has 2 aliphatic carbocycles. The third kappa shape index (κ3) is 4.65. The minimum absolute atomic E-state index is 0.0170. The molecule has 0 saturated heterocycles. The van der Waals surface area contributed by atoms with E-state index >= 15 is 0 Å². The maximum Gasteiger partial charge on any atom is 0.0728 e. The topological polar surface area (TPSA) is 34.6 Å². The van der Waals surface area contributed by atoms with Gasteiger partial charge in [-0.1, -0.05) is 178 Å². The summed E-state index contributed by atoms with van der Waals surface area (Å²) in [6.45, 7) is 58.6. The van der Waals surface area contributed by atoms with Crippen molar-refractivity contribution in [2.24, 2.45) is 10.8 Å². The largest absolute Gasteiger partial charge is 0.306 e. The van der Waals surface area contributed by atoms with Gasteiger partial charge in [-0.05, 0) is 88.8 Å². The zero-order valence-corrected chi connectivity index (χ0v) is 45.3. The van der Waals surface area contributed by atoms with Crippen molar-refractivity contribution < 1.29 is 0 Å². The van der Waals surface area contributed by atoms with E-state index in [2.05, 4.69) is 212 Å². The van der Waals surface area contributed by atoms with Crippen LogP contribution in [0.2, 0.25) is 0 Å². The monoisotopic (exact) mass is 879 g/mol. The van der Waals surface area contributed by atoms with Gasteiger partial charge >= 0.3 is 0 Å². The molecule has 0 bridgehead atoms. The molecule has 3 aromatic carbocycles. The molecule has 0 radical (unpaired) electrons. The van der Waals surface area contributed by atoms with Crippen molar-refractivity contribution >= 4 is 76.2 Å². The predicted octanol–water partition coefficient (Wildman–Crippen LogP) is 17.2. The molecule has 0 unspecified atom stereocenters. The summed E-state index contributed by atoms with van der Waals surface area (Å²) in [6, 6.07) is 10.5. The number of nitrogens with zero attached hydrogens (tertiary/aromatic N) is 4. The molecule has 11 rings (SSSR count). The highest BCUT2D eigenvalue weighted by Gasteiger charge is 2.60. The van der Waals surface area contributed by atoms with Crippen molar-refractivity contribution in [3.05, 3.63) is 81.4 Å². The number of aromatic nitrogens is 4. The van der Waals surface area contributed by atoms with Crippen molar-refractivity contribution in [1.29, 1.82) is 0 Å². The normalized spacial score (nSPS) is 20.2. The molecule has 0 N–H and O–H groups in total. The van der Waals surface area contributed by atoms with Crippen LogP contribution in [0.25, 0.3) is 76.2 Å². The zero-order valence-electron chi connectivity index (χ0n) is 45.3. The van der Waals surface area contributed by atoms with Gasteiger partial charge in [0, 0.05) is 53.9 Å². The minimum atomic E-state index is -0.116. The summed E-state index contributed by atoms with van der Waals surface area (Å²) >= 11 is 0. The number of benzene rings is 3. The van der Waals surface area contributed by atoms with Crippen molar-refractivity contribution in [1.82, 2.24) is 18.8 Å². The van der Waals surface area contributed by atoms with Crippen LogP contribution in [0.15, 0.2) is 36.7 Å². The Hall–Kier alpha value is -4.44. The lowest BCUT2D eigenvalue weighted by molar-refractivity contribution is 0.124. The summed E-state index contributed by atoms with van der Waals surface area (Å²) in [5, 5.41) is 11.1. The fraction of sp³-hybridized carbons (Fsp3) is 0.548. The lowest BCUT2D eigenvalue weighted by Crippen LogP contribution is -2.42. The van der Waals surface area contributed by atoms with Crippen LogP contribution in [-0.2, 0) is 43.3 Å². The van der Waals surface area contributed by atoms with Crippen LogP contribution in [-0.4, -0.2) is 18.8 Å². The molecule has 4 heteroatoms. The Kier molecular flexibility index (Phi) is 7.81. The molecule has 0 atom stereocenters. The highest BCUT2D eigenvalue weighted by Crippen LogP contribution is 2.66. The number of fused-ring (bicyclic) bond motifs is 16. The molecule has 0 aliphatic heterocycles. The number of pyridine rings is 2. The summed E-state index contributed by atoms with van der Waals surface area (Å²) in [4.78, 5) is 11.1. The molecule has 0 amide bonds. The van der Waals surface area contributed by atoms with Gasteiger partial charge in [0.1, 0.15) is 0 Å². The first-order valence-corrected chi connectivity index (χ1v) is 25.2. The molecule has 6 heterocycles.